The second kappa shape index (κ2) is 5.19. The first kappa shape index (κ1) is 8.05. The highest BCUT2D eigenvalue weighted by Gasteiger charge is 1.93. The molecule has 4 heteroatoms. The molecule has 0 fully saturated rings. The lowest BCUT2D eigenvalue weighted by atomic mass is 10.3. The van der Waals surface area contributed by atoms with Crippen LogP contribution in [0, 0.1) is 0 Å². The predicted octanol–water partition coefficient (Wildman–Crippen LogP) is 1.68. The van der Waals surface area contributed by atoms with Crippen LogP contribution in [0.2, 0.25) is 0 Å². The summed E-state index contributed by atoms with van der Waals surface area (Å²) in [5.41, 5.74) is 0.529. The molecule has 0 amide bonds. The molecule has 0 aromatic heterocycles. The lowest BCUT2D eigenvalue weighted by Crippen LogP contribution is -1.99. The minimum atomic E-state index is 0.253. The van der Waals surface area contributed by atoms with Crippen LogP contribution in [-0.4, -0.2) is 22.7 Å². The quantitative estimate of drug-likeness (QED) is 0.286. The van der Waals surface area contributed by atoms with Gasteiger partial charge in [0.15, 0.2) is 0 Å². The van der Waals surface area contributed by atoms with Crippen molar-refractivity contribution in [2.24, 2.45) is 5.16 Å². The van der Waals surface area contributed by atoms with Gasteiger partial charge in [0, 0.05) is 12.3 Å². The molecule has 2 nitrogen and oxygen atoms in total. The van der Waals surface area contributed by atoms with Crippen molar-refractivity contribution in [2.75, 3.05) is 11.8 Å². The Kier molecular flexibility index (Phi) is 5.22. The van der Waals surface area contributed by atoms with Gasteiger partial charge >= 0.3 is 0 Å². The highest BCUT2D eigenvalue weighted by Crippen LogP contribution is 1.91. The third-order valence-corrected chi connectivity index (χ3v) is 1.18. The van der Waals surface area contributed by atoms with Crippen molar-refractivity contribution >= 4 is 28.9 Å². The summed E-state index contributed by atoms with van der Waals surface area (Å²) in [5.74, 6) is 0.704. The van der Waals surface area contributed by atoms with Gasteiger partial charge in [-0.05, 0) is 0 Å². The van der Waals surface area contributed by atoms with E-state index in [0.29, 0.717) is 18.0 Å². The minimum absolute atomic E-state index is 0.253. The van der Waals surface area contributed by atoms with E-state index in [1.54, 1.807) is 0 Å². The van der Waals surface area contributed by atoms with Crippen molar-refractivity contribution in [3.8, 4) is 0 Å². The summed E-state index contributed by atoms with van der Waals surface area (Å²) < 4.78 is 0. The van der Waals surface area contributed by atoms with Crippen LogP contribution < -0.4 is 0 Å². The van der Waals surface area contributed by atoms with Crippen LogP contribution in [0.4, 0.5) is 0 Å². The summed E-state index contributed by atoms with van der Waals surface area (Å²) in [6.45, 7) is 0. The van der Waals surface area contributed by atoms with Crippen LogP contribution in [0.3, 0.4) is 0 Å². The molecule has 0 heterocycles. The molecule has 0 rings (SSSR count). The Morgan fingerprint density at radius 2 is 2.12 bits per heavy atom. The van der Waals surface area contributed by atoms with Gasteiger partial charge in [-0.3, -0.25) is 0 Å². The van der Waals surface area contributed by atoms with Crippen LogP contribution in [0.1, 0.15) is 6.42 Å². The standard InChI is InChI=1S/C4H7Cl2NO/c5-2-1-4(3-6)7-8/h8H,1-3H2/b7-4-. The second-order valence-electron chi connectivity index (χ2n) is 1.24. The predicted molar refractivity (Wildman–Crippen MR) is 35.3 cm³/mol. The molecule has 0 aliphatic carbocycles. The average Bonchev–Trinajstić information content (AvgIpc) is 1.83. The van der Waals surface area contributed by atoms with Crippen molar-refractivity contribution in [1.82, 2.24) is 0 Å². The van der Waals surface area contributed by atoms with Gasteiger partial charge < -0.3 is 5.21 Å². The number of hydrogen-bond donors (Lipinski definition) is 1. The summed E-state index contributed by atoms with van der Waals surface area (Å²) in [6, 6.07) is 0. The number of rotatable bonds is 3. The molecule has 48 valence electrons. The van der Waals surface area contributed by atoms with E-state index in [2.05, 4.69) is 5.16 Å². The maximum absolute atomic E-state index is 8.10. The van der Waals surface area contributed by atoms with E-state index in [1.165, 1.54) is 0 Å². The first-order valence-electron chi connectivity index (χ1n) is 2.17. The van der Waals surface area contributed by atoms with Gasteiger partial charge in [0.2, 0.25) is 0 Å². The molecule has 1 N–H and O–H groups in total. The molecular formula is C4H7Cl2NO. The third-order valence-electron chi connectivity index (χ3n) is 0.679. The average molecular weight is 156 g/mol. The lowest BCUT2D eigenvalue weighted by Gasteiger charge is -1.91. The summed E-state index contributed by atoms with van der Waals surface area (Å²) in [5, 5.41) is 11.0. The molecule has 0 bridgehead atoms. The topological polar surface area (TPSA) is 32.6 Å². The zero-order valence-electron chi connectivity index (χ0n) is 4.27. The molecule has 8 heavy (non-hydrogen) atoms. The monoisotopic (exact) mass is 155 g/mol. The Hall–Kier alpha value is 0.0500. The fourth-order valence-corrected chi connectivity index (χ4v) is 0.658. The number of halogens is 2. The summed E-state index contributed by atoms with van der Waals surface area (Å²) >= 11 is 10.6. The molecule has 0 aliphatic heterocycles. The number of hydrogen-bond acceptors (Lipinski definition) is 2. The Labute approximate surface area is 58.1 Å². The van der Waals surface area contributed by atoms with Crippen molar-refractivity contribution in [3.05, 3.63) is 0 Å². The number of oxime groups is 1. The fourth-order valence-electron chi connectivity index (χ4n) is 0.253. The Morgan fingerprint density at radius 1 is 1.50 bits per heavy atom. The van der Waals surface area contributed by atoms with E-state index in [-0.39, 0.29) is 5.88 Å². The minimum Gasteiger partial charge on any atom is -0.411 e. The zero-order valence-corrected chi connectivity index (χ0v) is 5.78. The maximum atomic E-state index is 8.10. The normalized spacial score (nSPS) is 12.0. The van der Waals surface area contributed by atoms with E-state index in [0.717, 1.165) is 0 Å². The first-order valence-corrected chi connectivity index (χ1v) is 3.23. The molecule has 0 saturated carbocycles. The van der Waals surface area contributed by atoms with Crippen LogP contribution in [0.5, 0.6) is 0 Å². The lowest BCUT2D eigenvalue weighted by molar-refractivity contribution is 0.317. The van der Waals surface area contributed by atoms with Gasteiger partial charge in [0.1, 0.15) is 0 Å². The molecule has 0 spiro atoms. The smallest absolute Gasteiger partial charge is 0.0729 e. The molecule has 0 atom stereocenters. The Balaban J connectivity index is 3.38. The zero-order chi connectivity index (χ0) is 6.41. The fraction of sp³-hybridized carbons (Fsp3) is 0.750. The van der Waals surface area contributed by atoms with Crippen LogP contribution in [0.25, 0.3) is 0 Å². The van der Waals surface area contributed by atoms with Crippen molar-refractivity contribution in [3.63, 3.8) is 0 Å². The van der Waals surface area contributed by atoms with Crippen molar-refractivity contribution in [2.45, 2.75) is 6.42 Å². The summed E-state index contributed by atoms with van der Waals surface area (Å²) in [4.78, 5) is 0. The first-order chi connectivity index (χ1) is 3.85. The summed E-state index contributed by atoms with van der Waals surface area (Å²) in [7, 11) is 0. The van der Waals surface area contributed by atoms with Gasteiger partial charge in [-0.2, -0.15) is 0 Å². The SMILES string of the molecule is O/N=C(\CCl)CCCl. The van der Waals surface area contributed by atoms with Crippen LogP contribution in [0.15, 0.2) is 5.16 Å². The van der Waals surface area contributed by atoms with Gasteiger partial charge in [-0.1, -0.05) is 5.16 Å². The third kappa shape index (κ3) is 3.10. The molecular weight excluding hydrogens is 149 g/mol. The van der Waals surface area contributed by atoms with E-state index < -0.39 is 0 Å². The molecule has 0 aromatic rings. The van der Waals surface area contributed by atoms with E-state index in [4.69, 9.17) is 28.4 Å². The number of alkyl halides is 2. The van der Waals surface area contributed by atoms with E-state index in [1.807, 2.05) is 0 Å². The Bertz CT molecular complexity index is 84.1. The van der Waals surface area contributed by atoms with Gasteiger partial charge in [0.05, 0.1) is 11.6 Å². The Morgan fingerprint density at radius 3 is 2.25 bits per heavy atom. The van der Waals surface area contributed by atoms with Crippen LogP contribution >= 0.6 is 23.2 Å². The molecule has 0 unspecified atom stereocenters. The summed E-state index contributed by atoms with van der Waals surface area (Å²) in [6.07, 6.45) is 0.557. The van der Waals surface area contributed by atoms with Gasteiger partial charge in [-0.25, -0.2) is 0 Å². The van der Waals surface area contributed by atoms with Gasteiger partial charge in [-0.15, -0.1) is 23.2 Å². The van der Waals surface area contributed by atoms with Crippen molar-refractivity contribution in [1.29, 1.82) is 0 Å². The van der Waals surface area contributed by atoms with E-state index in [9.17, 15) is 0 Å². The molecule has 0 aliphatic rings. The van der Waals surface area contributed by atoms with E-state index >= 15 is 0 Å². The highest BCUT2D eigenvalue weighted by atomic mass is 35.5. The second-order valence-corrected chi connectivity index (χ2v) is 1.88. The van der Waals surface area contributed by atoms with Gasteiger partial charge in [0.25, 0.3) is 0 Å². The molecule has 0 radical (unpaired) electrons. The van der Waals surface area contributed by atoms with Crippen molar-refractivity contribution < 1.29 is 5.21 Å². The highest BCUT2D eigenvalue weighted by molar-refractivity contribution is 6.29. The number of nitrogens with zero attached hydrogens (tertiary/aromatic N) is 1. The van der Waals surface area contributed by atoms with Crippen LogP contribution in [-0.2, 0) is 0 Å². The molecule has 0 saturated heterocycles. The molecule has 0 aromatic carbocycles. The largest absolute Gasteiger partial charge is 0.411 e. The maximum Gasteiger partial charge on any atom is 0.0729 e.